The van der Waals surface area contributed by atoms with Gasteiger partial charge in [0.1, 0.15) is 6.26 Å². The maximum Gasteiger partial charge on any atom is 0.258 e. The Kier molecular flexibility index (Phi) is 3.69. The molecule has 0 saturated carbocycles. The summed E-state index contributed by atoms with van der Waals surface area (Å²) >= 11 is 0. The van der Waals surface area contributed by atoms with Crippen LogP contribution in [0.3, 0.4) is 0 Å². The number of hydrogen-bond acceptors (Lipinski definition) is 4. The van der Waals surface area contributed by atoms with Crippen molar-refractivity contribution in [2.45, 2.75) is 0 Å². The van der Waals surface area contributed by atoms with Gasteiger partial charge in [0, 0.05) is 26.2 Å². The molecule has 0 aliphatic carbocycles. The molecule has 1 aromatic heterocycles. The van der Waals surface area contributed by atoms with E-state index in [2.05, 4.69) is 15.5 Å². The fourth-order valence-electron chi connectivity index (χ4n) is 2.35. The normalized spacial score (nSPS) is 15.1. The van der Waals surface area contributed by atoms with Crippen LogP contribution in [0.1, 0.15) is 10.4 Å². The molecule has 104 valence electrons. The molecule has 1 saturated heterocycles. The van der Waals surface area contributed by atoms with E-state index >= 15 is 0 Å². The first kappa shape index (κ1) is 12.7. The van der Waals surface area contributed by atoms with Gasteiger partial charge in [-0.1, -0.05) is 12.1 Å². The van der Waals surface area contributed by atoms with Crippen molar-refractivity contribution in [2.75, 3.05) is 36.4 Å². The first-order chi connectivity index (χ1) is 9.84. The molecule has 5 heteroatoms. The van der Waals surface area contributed by atoms with Crippen molar-refractivity contribution < 1.29 is 9.21 Å². The van der Waals surface area contributed by atoms with Gasteiger partial charge in [-0.25, -0.2) is 0 Å². The van der Waals surface area contributed by atoms with Gasteiger partial charge < -0.3 is 20.0 Å². The number of nitrogens with zero attached hydrogens (tertiary/aromatic N) is 1. The summed E-state index contributed by atoms with van der Waals surface area (Å²) in [6.07, 6.45) is 2.94. The van der Waals surface area contributed by atoms with E-state index in [1.54, 1.807) is 6.07 Å². The van der Waals surface area contributed by atoms with Gasteiger partial charge in [0.2, 0.25) is 0 Å². The highest BCUT2D eigenvalue weighted by molar-refractivity contribution is 6.05. The van der Waals surface area contributed by atoms with Crippen molar-refractivity contribution in [3.05, 3.63) is 48.4 Å². The first-order valence-corrected chi connectivity index (χ1v) is 6.73. The van der Waals surface area contributed by atoms with E-state index in [1.165, 1.54) is 12.5 Å². The van der Waals surface area contributed by atoms with Gasteiger partial charge in [-0.05, 0) is 18.2 Å². The number of carbonyl (C=O) groups is 1. The van der Waals surface area contributed by atoms with Crippen LogP contribution in [0.25, 0.3) is 0 Å². The molecule has 0 radical (unpaired) electrons. The summed E-state index contributed by atoms with van der Waals surface area (Å²) in [6, 6.07) is 9.54. The summed E-state index contributed by atoms with van der Waals surface area (Å²) in [7, 11) is 0. The number of piperazine rings is 1. The number of amides is 1. The molecule has 1 amide bonds. The highest BCUT2D eigenvalue weighted by Crippen LogP contribution is 2.26. The number of carbonyl (C=O) groups excluding carboxylic acids is 1. The number of para-hydroxylation sites is 2. The highest BCUT2D eigenvalue weighted by Gasteiger charge is 2.15. The molecule has 5 nitrogen and oxygen atoms in total. The topological polar surface area (TPSA) is 57.5 Å². The fourth-order valence-corrected chi connectivity index (χ4v) is 2.35. The molecule has 1 aromatic carbocycles. The molecule has 1 aliphatic rings. The molecule has 1 fully saturated rings. The van der Waals surface area contributed by atoms with Crippen molar-refractivity contribution >= 4 is 17.3 Å². The number of nitrogens with one attached hydrogen (secondary N) is 2. The lowest BCUT2D eigenvalue weighted by Crippen LogP contribution is -2.43. The van der Waals surface area contributed by atoms with E-state index in [-0.39, 0.29) is 5.91 Å². The molecule has 0 unspecified atom stereocenters. The van der Waals surface area contributed by atoms with Crippen LogP contribution in [0.5, 0.6) is 0 Å². The molecule has 2 heterocycles. The third-order valence-electron chi connectivity index (χ3n) is 3.39. The molecule has 2 aromatic rings. The Balaban J connectivity index is 1.80. The molecule has 0 atom stereocenters. The third-order valence-corrected chi connectivity index (χ3v) is 3.39. The lowest BCUT2D eigenvalue weighted by atomic mass is 10.2. The second-order valence-corrected chi connectivity index (χ2v) is 4.72. The van der Waals surface area contributed by atoms with Gasteiger partial charge in [0.05, 0.1) is 23.2 Å². The monoisotopic (exact) mass is 271 g/mol. The van der Waals surface area contributed by atoms with Crippen LogP contribution in [0.2, 0.25) is 0 Å². The second-order valence-electron chi connectivity index (χ2n) is 4.72. The largest absolute Gasteiger partial charge is 0.472 e. The van der Waals surface area contributed by atoms with E-state index in [0.29, 0.717) is 5.56 Å². The number of furan rings is 1. The molecule has 0 bridgehead atoms. The lowest BCUT2D eigenvalue weighted by Gasteiger charge is -2.31. The Morgan fingerprint density at radius 1 is 1.20 bits per heavy atom. The average Bonchev–Trinajstić information content (AvgIpc) is 3.03. The van der Waals surface area contributed by atoms with Crippen LogP contribution in [-0.4, -0.2) is 32.1 Å². The van der Waals surface area contributed by atoms with E-state index in [4.69, 9.17) is 4.42 Å². The maximum atomic E-state index is 12.1. The van der Waals surface area contributed by atoms with Gasteiger partial charge in [-0.15, -0.1) is 0 Å². The summed E-state index contributed by atoms with van der Waals surface area (Å²) in [5, 5.41) is 6.27. The predicted octanol–water partition coefficient (Wildman–Crippen LogP) is 1.94. The molecule has 1 aliphatic heterocycles. The Labute approximate surface area is 117 Å². The fraction of sp³-hybridized carbons (Fsp3) is 0.267. The highest BCUT2D eigenvalue weighted by atomic mass is 16.3. The zero-order valence-electron chi connectivity index (χ0n) is 11.1. The standard InChI is InChI=1S/C15H17N3O2/c19-15(12-5-10-20-11-12)17-13-3-1-2-4-14(13)18-8-6-16-7-9-18/h1-5,10-11,16H,6-9H2,(H,17,19). The van der Waals surface area contributed by atoms with Gasteiger partial charge in [0.25, 0.3) is 5.91 Å². The van der Waals surface area contributed by atoms with Gasteiger partial charge in [-0.2, -0.15) is 0 Å². The van der Waals surface area contributed by atoms with Crippen molar-refractivity contribution in [1.29, 1.82) is 0 Å². The van der Waals surface area contributed by atoms with Crippen LogP contribution in [-0.2, 0) is 0 Å². The van der Waals surface area contributed by atoms with Gasteiger partial charge in [0.15, 0.2) is 0 Å². The van der Waals surface area contributed by atoms with Crippen LogP contribution < -0.4 is 15.5 Å². The molecule has 20 heavy (non-hydrogen) atoms. The van der Waals surface area contributed by atoms with Crippen LogP contribution in [0, 0.1) is 0 Å². The van der Waals surface area contributed by atoms with Crippen LogP contribution in [0.15, 0.2) is 47.3 Å². The minimum absolute atomic E-state index is 0.152. The Bertz CT molecular complexity index is 575. The summed E-state index contributed by atoms with van der Waals surface area (Å²) in [6.45, 7) is 3.81. The van der Waals surface area contributed by atoms with Crippen LogP contribution >= 0.6 is 0 Å². The summed E-state index contributed by atoms with van der Waals surface area (Å²) in [4.78, 5) is 14.4. The molecular weight excluding hydrogens is 254 g/mol. The maximum absolute atomic E-state index is 12.1. The summed E-state index contributed by atoms with van der Waals surface area (Å²) in [5.74, 6) is -0.152. The summed E-state index contributed by atoms with van der Waals surface area (Å²) in [5.41, 5.74) is 2.42. The number of rotatable bonds is 3. The van der Waals surface area contributed by atoms with Crippen molar-refractivity contribution in [1.82, 2.24) is 5.32 Å². The minimum Gasteiger partial charge on any atom is -0.472 e. The lowest BCUT2D eigenvalue weighted by molar-refractivity contribution is 0.102. The zero-order chi connectivity index (χ0) is 13.8. The number of hydrogen-bond donors (Lipinski definition) is 2. The van der Waals surface area contributed by atoms with Crippen LogP contribution in [0.4, 0.5) is 11.4 Å². The van der Waals surface area contributed by atoms with Gasteiger partial charge >= 0.3 is 0 Å². The Morgan fingerprint density at radius 3 is 2.75 bits per heavy atom. The Morgan fingerprint density at radius 2 is 2.00 bits per heavy atom. The quantitative estimate of drug-likeness (QED) is 0.895. The van der Waals surface area contributed by atoms with Crippen molar-refractivity contribution in [3.63, 3.8) is 0 Å². The SMILES string of the molecule is O=C(Nc1ccccc1N1CCNCC1)c1ccoc1. The third kappa shape index (κ3) is 2.67. The number of benzene rings is 1. The second kappa shape index (κ2) is 5.79. The van der Waals surface area contributed by atoms with E-state index in [9.17, 15) is 4.79 Å². The van der Waals surface area contributed by atoms with E-state index in [0.717, 1.165) is 37.6 Å². The Hall–Kier alpha value is -2.27. The molecule has 2 N–H and O–H groups in total. The van der Waals surface area contributed by atoms with E-state index < -0.39 is 0 Å². The molecule has 0 spiro atoms. The number of anilines is 2. The minimum atomic E-state index is -0.152. The van der Waals surface area contributed by atoms with Crippen molar-refractivity contribution in [2.24, 2.45) is 0 Å². The van der Waals surface area contributed by atoms with E-state index in [1.807, 2.05) is 24.3 Å². The molecular formula is C15H17N3O2. The van der Waals surface area contributed by atoms with Gasteiger partial charge in [-0.3, -0.25) is 4.79 Å². The smallest absolute Gasteiger partial charge is 0.258 e. The van der Waals surface area contributed by atoms with Crippen molar-refractivity contribution in [3.8, 4) is 0 Å². The summed E-state index contributed by atoms with van der Waals surface area (Å²) < 4.78 is 4.94. The molecule has 3 rings (SSSR count). The average molecular weight is 271 g/mol. The predicted molar refractivity (Wildman–Crippen MR) is 78.2 cm³/mol. The zero-order valence-corrected chi connectivity index (χ0v) is 11.1. The first-order valence-electron chi connectivity index (χ1n) is 6.73.